The fourth-order valence-electron chi connectivity index (χ4n) is 2.22. The Morgan fingerprint density at radius 1 is 1.08 bits per heavy atom. The first kappa shape index (κ1) is 18.8. The van der Waals surface area contributed by atoms with Gasteiger partial charge in [-0.15, -0.1) is 10.2 Å². The highest BCUT2D eigenvalue weighted by atomic mass is 79.9. The first-order valence-electron chi connectivity index (χ1n) is 8.14. The van der Waals surface area contributed by atoms with Gasteiger partial charge in [0.25, 0.3) is 0 Å². The Kier molecular flexibility index (Phi) is 5.58. The molecule has 0 spiro atoms. The Labute approximate surface area is 165 Å². The van der Waals surface area contributed by atoms with E-state index in [2.05, 4.69) is 31.1 Å². The smallest absolute Gasteiger partial charge is 0.196 e. The van der Waals surface area contributed by atoms with Crippen LogP contribution in [0.5, 0.6) is 0 Å². The fraction of sp³-hybridized carbons (Fsp3) is 0.263. The highest BCUT2D eigenvalue weighted by Crippen LogP contribution is 2.29. The maximum Gasteiger partial charge on any atom is 0.196 e. The van der Waals surface area contributed by atoms with Gasteiger partial charge in [0, 0.05) is 33.5 Å². The number of rotatable bonds is 5. The molecule has 5 nitrogen and oxygen atoms in total. The molecule has 0 fully saturated rings. The molecule has 7 heteroatoms. The van der Waals surface area contributed by atoms with E-state index in [0.29, 0.717) is 10.9 Å². The molecule has 0 saturated carbocycles. The second kappa shape index (κ2) is 7.72. The summed E-state index contributed by atoms with van der Waals surface area (Å²) in [5.41, 5.74) is 1.49. The summed E-state index contributed by atoms with van der Waals surface area (Å²) in [6, 6.07) is 11.7. The van der Waals surface area contributed by atoms with Crippen LogP contribution >= 0.6 is 27.7 Å². The zero-order chi connectivity index (χ0) is 18.7. The van der Waals surface area contributed by atoms with Crippen molar-refractivity contribution in [3.63, 3.8) is 0 Å². The lowest BCUT2D eigenvalue weighted by atomic mass is 9.92. The molecular weight excluding hydrogens is 412 g/mol. The van der Waals surface area contributed by atoms with E-state index >= 15 is 0 Å². The van der Waals surface area contributed by atoms with Gasteiger partial charge in [-0.2, -0.15) is 0 Å². The number of halogens is 1. The number of thioether (sulfide) groups is 1. The summed E-state index contributed by atoms with van der Waals surface area (Å²) in [5.74, 6) is 1.26. The van der Waals surface area contributed by atoms with Crippen LogP contribution in [0.4, 0.5) is 0 Å². The fourth-order valence-corrected chi connectivity index (χ4v) is 3.60. The lowest BCUT2D eigenvalue weighted by molar-refractivity contribution is -0.123. The second-order valence-electron chi connectivity index (χ2n) is 6.82. The second-order valence-corrected chi connectivity index (χ2v) is 8.67. The predicted molar refractivity (Wildman–Crippen MR) is 107 cm³/mol. The molecule has 1 aromatic carbocycles. The van der Waals surface area contributed by atoms with Crippen LogP contribution in [0.1, 0.15) is 20.8 Å². The minimum Gasteiger partial charge on any atom is -0.298 e. The van der Waals surface area contributed by atoms with Crippen molar-refractivity contribution in [3.05, 3.63) is 53.3 Å². The summed E-state index contributed by atoms with van der Waals surface area (Å²) in [6.45, 7) is 5.78. The third-order valence-corrected chi connectivity index (χ3v) is 5.28. The summed E-state index contributed by atoms with van der Waals surface area (Å²) < 4.78 is 2.97. The number of carbonyl (C=O) groups is 1. The van der Waals surface area contributed by atoms with Gasteiger partial charge in [0.15, 0.2) is 11.0 Å². The average molecular weight is 431 g/mol. The number of pyridine rings is 1. The monoisotopic (exact) mass is 430 g/mol. The van der Waals surface area contributed by atoms with Gasteiger partial charge < -0.3 is 0 Å². The molecule has 0 aliphatic rings. The maximum absolute atomic E-state index is 12.3. The number of aromatic nitrogens is 4. The Balaban J connectivity index is 2.01. The molecule has 0 radical (unpaired) electrons. The summed E-state index contributed by atoms with van der Waals surface area (Å²) in [6.07, 6.45) is 3.46. The number of hydrogen-bond donors (Lipinski definition) is 0. The van der Waals surface area contributed by atoms with Crippen LogP contribution in [-0.4, -0.2) is 31.3 Å². The van der Waals surface area contributed by atoms with E-state index in [4.69, 9.17) is 0 Å². The Morgan fingerprint density at radius 2 is 1.73 bits per heavy atom. The van der Waals surface area contributed by atoms with E-state index in [1.165, 1.54) is 11.8 Å². The van der Waals surface area contributed by atoms with Crippen molar-refractivity contribution >= 4 is 33.5 Å². The van der Waals surface area contributed by atoms with Crippen LogP contribution in [0, 0.1) is 5.41 Å². The number of ketones is 1. The molecule has 0 N–H and O–H groups in total. The van der Waals surface area contributed by atoms with E-state index < -0.39 is 0 Å². The molecule has 0 aliphatic heterocycles. The minimum atomic E-state index is -0.372. The SMILES string of the molecule is CC(C)(C)C(=O)CSc1nnc(-c2ccncc2)n1-c1ccc(Br)cc1. The van der Waals surface area contributed by atoms with Crippen molar-refractivity contribution in [2.24, 2.45) is 5.41 Å². The van der Waals surface area contributed by atoms with Crippen LogP contribution in [0.15, 0.2) is 58.4 Å². The van der Waals surface area contributed by atoms with Gasteiger partial charge in [-0.1, -0.05) is 48.5 Å². The molecule has 0 bridgehead atoms. The van der Waals surface area contributed by atoms with Crippen molar-refractivity contribution in [3.8, 4) is 17.1 Å². The Morgan fingerprint density at radius 3 is 2.35 bits per heavy atom. The summed E-state index contributed by atoms with van der Waals surface area (Å²) in [7, 11) is 0. The largest absolute Gasteiger partial charge is 0.298 e. The highest BCUT2D eigenvalue weighted by molar-refractivity contribution is 9.10. The van der Waals surface area contributed by atoms with Crippen LogP contribution in [0.3, 0.4) is 0 Å². The molecule has 26 heavy (non-hydrogen) atoms. The zero-order valence-electron chi connectivity index (χ0n) is 14.8. The Bertz CT molecular complexity index is 902. The van der Waals surface area contributed by atoms with Crippen LogP contribution in [0.25, 0.3) is 17.1 Å². The van der Waals surface area contributed by atoms with Crippen LogP contribution < -0.4 is 0 Å². The van der Waals surface area contributed by atoms with Crippen molar-refractivity contribution < 1.29 is 4.79 Å². The molecule has 0 unspecified atom stereocenters. The lowest BCUT2D eigenvalue weighted by Crippen LogP contribution is -2.22. The van der Waals surface area contributed by atoms with E-state index in [-0.39, 0.29) is 11.2 Å². The molecule has 2 heterocycles. The normalized spacial score (nSPS) is 11.5. The van der Waals surface area contributed by atoms with Gasteiger partial charge in [0.05, 0.1) is 5.75 Å². The lowest BCUT2D eigenvalue weighted by Gasteiger charge is -2.16. The number of Topliss-reactive ketones (excluding diaryl/α,β-unsaturated/α-hetero) is 1. The van der Waals surface area contributed by atoms with Gasteiger partial charge in [0.1, 0.15) is 5.78 Å². The number of nitrogens with zero attached hydrogens (tertiary/aromatic N) is 4. The van der Waals surface area contributed by atoms with E-state index in [9.17, 15) is 4.79 Å². The number of hydrogen-bond acceptors (Lipinski definition) is 5. The molecular formula is C19H19BrN4OS. The molecule has 3 rings (SSSR count). The van der Waals surface area contributed by atoms with Gasteiger partial charge in [-0.05, 0) is 36.4 Å². The van der Waals surface area contributed by atoms with Gasteiger partial charge in [-0.25, -0.2) is 0 Å². The quantitative estimate of drug-likeness (QED) is 0.544. The molecule has 134 valence electrons. The van der Waals surface area contributed by atoms with E-state index in [0.717, 1.165) is 21.5 Å². The first-order valence-corrected chi connectivity index (χ1v) is 9.92. The number of carbonyl (C=O) groups excluding carboxylic acids is 1. The molecule has 0 amide bonds. The molecule has 0 atom stereocenters. The van der Waals surface area contributed by atoms with Crippen molar-refractivity contribution in [2.45, 2.75) is 25.9 Å². The average Bonchev–Trinajstić information content (AvgIpc) is 3.04. The third-order valence-electron chi connectivity index (χ3n) is 3.83. The van der Waals surface area contributed by atoms with Crippen LogP contribution in [-0.2, 0) is 4.79 Å². The Hall–Kier alpha value is -1.99. The van der Waals surface area contributed by atoms with Crippen LogP contribution in [0.2, 0.25) is 0 Å². The first-order chi connectivity index (χ1) is 12.4. The van der Waals surface area contributed by atoms with E-state index in [1.54, 1.807) is 12.4 Å². The zero-order valence-corrected chi connectivity index (χ0v) is 17.2. The molecule has 0 saturated heterocycles. The van der Waals surface area contributed by atoms with Gasteiger partial charge in [-0.3, -0.25) is 14.3 Å². The highest BCUT2D eigenvalue weighted by Gasteiger charge is 2.23. The molecule has 2 aromatic heterocycles. The predicted octanol–water partition coefficient (Wildman–Crippen LogP) is 4.80. The minimum absolute atomic E-state index is 0.179. The van der Waals surface area contributed by atoms with Gasteiger partial charge >= 0.3 is 0 Å². The third kappa shape index (κ3) is 4.22. The maximum atomic E-state index is 12.3. The molecule has 3 aromatic rings. The number of benzene rings is 1. The van der Waals surface area contributed by atoms with Crippen molar-refractivity contribution in [1.82, 2.24) is 19.7 Å². The van der Waals surface area contributed by atoms with Crippen molar-refractivity contribution in [1.29, 1.82) is 0 Å². The summed E-state index contributed by atoms with van der Waals surface area (Å²) in [4.78, 5) is 16.4. The summed E-state index contributed by atoms with van der Waals surface area (Å²) >= 11 is 4.87. The standard InChI is InChI=1S/C19H19BrN4OS/c1-19(2,3)16(25)12-26-18-23-22-17(13-8-10-21-11-9-13)24(18)15-6-4-14(20)5-7-15/h4-11H,12H2,1-3H3. The van der Waals surface area contributed by atoms with Gasteiger partial charge in [0.2, 0.25) is 0 Å². The molecule has 0 aliphatic carbocycles. The van der Waals surface area contributed by atoms with Crippen molar-refractivity contribution in [2.75, 3.05) is 5.75 Å². The topological polar surface area (TPSA) is 60.7 Å². The van der Waals surface area contributed by atoms with E-state index in [1.807, 2.05) is 61.7 Å². The summed E-state index contributed by atoms with van der Waals surface area (Å²) in [5, 5.41) is 9.40.